The standard InChI is InChI=1S/C21H26N2O3/c1-12-15-10-22-8-7-20-17-5-3-4-6-18(17)23(13(2)24)19(20)16(11-26-12)14(15)9-21(20,22)25/h3-6,12,14-16,19,25H,7-11H2,1-2H3/t12-,14+,15+,16-,19+,20+,21-/m1/s1. The minimum Gasteiger partial charge on any atom is -0.378 e. The third kappa shape index (κ3) is 1.47. The van der Waals surface area contributed by atoms with Gasteiger partial charge in [-0.2, -0.15) is 0 Å². The number of para-hydroxylation sites is 1. The van der Waals surface area contributed by atoms with E-state index in [-0.39, 0.29) is 23.5 Å². The van der Waals surface area contributed by atoms with Crippen molar-refractivity contribution < 1.29 is 14.6 Å². The fourth-order valence-electron chi connectivity index (χ4n) is 7.45. The lowest BCUT2D eigenvalue weighted by atomic mass is 9.51. The second kappa shape index (κ2) is 4.70. The van der Waals surface area contributed by atoms with Gasteiger partial charge in [-0.25, -0.2) is 0 Å². The Morgan fingerprint density at radius 3 is 2.88 bits per heavy atom. The summed E-state index contributed by atoms with van der Waals surface area (Å²) in [7, 11) is 0. The van der Waals surface area contributed by atoms with Crippen LogP contribution in [-0.4, -0.2) is 53.5 Å². The predicted octanol–water partition coefficient (Wildman–Crippen LogP) is 1.74. The summed E-state index contributed by atoms with van der Waals surface area (Å²) in [5.74, 6) is 1.25. The minimum absolute atomic E-state index is 0.00134. The van der Waals surface area contributed by atoms with E-state index in [1.165, 1.54) is 5.56 Å². The van der Waals surface area contributed by atoms with Crippen LogP contribution in [0.25, 0.3) is 0 Å². The Balaban J connectivity index is 1.64. The highest BCUT2D eigenvalue weighted by atomic mass is 16.5. The van der Waals surface area contributed by atoms with Crippen molar-refractivity contribution in [2.75, 3.05) is 24.6 Å². The van der Waals surface area contributed by atoms with E-state index in [0.29, 0.717) is 24.4 Å². The molecule has 1 amide bonds. The zero-order valence-electron chi connectivity index (χ0n) is 15.4. The van der Waals surface area contributed by atoms with E-state index < -0.39 is 5.72 Å². The molecule has 1 spiro atoms. The number of ether oxygens (including phenoxy) is 1. The number of carbonyl (C=O) groups is 1. The lowest BCUT2D eigenvalue weighted by Crippen LogP contribution is -2.75. The molecule has 1 saturated carbocycles. The number of anilines is 1. The highest BCUT2D eigenvalue weighted by Crippen LogP contribution is 2.67. The van der Waals surface area contributed by atoms with Gasteiger partial charge in [-0.05, 0) is 37.3 Å². The molecule has 26 heavy (non-hydrogen) atoms. The first-order valence-corrected chi connectivity index (χ1v) is 9.97. The zero-order chi connectivity index (χ0) is 17.8. The van der Waals surface area contributed by atoms with Crippen molar-refractivity contribution in [3.63, 3.8) is 0 Å². The number of benzene rings is 1. The third-order valence-corrected chi connectivity index (χ3v) is 8.39. The van der Waals surface area contributed by atoms with Crippen LogP contribution in [0.4, 0.5) is 5.69 Å². The van der Waals surface area contributed by atoms with Crippen LogP contribution >= 0.6 is 0 Å². The van der Waals surface area contributed by atoms with E-state index in [1.54, 1.807) is 6.92 Å². The molecule has 0 unspecified atom stereocenters. The lowest BCUT2D eigenvalue weighted by molar-refractivity contribution is -0.249. The van der Waals surface area contributed by atoms with Crippen molar-refractivity contribution in [1.82, 2.24) is 4.90 Å². The Hall–Kier alpha value is -1.43. The van der Waals surface area contributed by atoms with Crippen LogP contribution in [0.1, 0.15) is 32.3 Å². The molecular weight excluding hydrogens is 328 g/mol. The van der Waals surface area contributed by atoms with Crippen LogP contribution < -0.4 is 4.90 Å². The maximum Gasteiger partial charge on any atom is 0.224 e. The van der Waals surface area contributed by atoms with Gasteiger partial charge in [0.15, 0.2) is 0 Å². The highest BCUT2D eigenvalue weighted by Gasteiger charge is 2.76. The van der Waals surface area contributed by atoms with Crippen molar-refractivity contribution in [3.8, 4) is 0 Å². The quantitative estimate of drug-likeness (QED) is 0.771. The van der Waals surface area contributed by atoms with Gasteiger partial charge in [0.05, 0.1) is 24.2 Å². The van der Waals surface area contributed by atoms with Crippen LogP contribution in [0.15, 0.2) is 24.3 Å². The molecule has 1 N–H and O–H groups in total. The lowest BCUT2D eigenvalue weighted by Gasteiger charge is -2.64. The van der Waals surface area contributed by atoms with Crippen molar-refractivity contribution in [2.24, 2.45) is 17.8 Å². The SMILES string of the molecule is CC(=O)N1c2ccccc2[C@]23CCN4C[C@@H]5[C@H](C[C@]42O)[C@@H](CO[C@@H]5C)[C@H]13. The number of carbonyl (C=O) groups excluding carboxylic acids is 1. The van der Waals surface area contributed by atoms with Crippen LogP contribution in [0, 0.1) is 17.8 Å². The molecule has 5 aliphatic rings. The van der Waals surface area contributed by atoms with Crippen molar-refractivity contribution in [3.05, 3.63) is 29.8 Å². The molecule has 0 radical (unpaired) electrons. The molecular formula is C21H26N2O3. The molecule has 1 aromatic carbocycles. The van der Waals surface area contributed by atoms with E-state index in [9.17, 15) is 9.90 Å². The van der Waals surface area contributed by atoms with Crippen LogP contribution in [0.2, 0.25) is 0 Å². The number of amides is 1. The summed E-state index contributed by atoms with van der Waals surface area (Å²) in [6.45, 7) is 6.35. The fourth-order valence-corrected chi connectivity index (χ4v) is 7.45. The van der Waals surface area contributed by atoms with Crippen LogP contribution in [0.3, 0.4) is 0 Å². The van der Waals surface area contributed by atoms with Gasteiger partial charge >= 0.3 is 0 Å². The van der Waals surface area contributed by atoms with Gasteiger partial charge < -0.3 is 14.7 Å². The first kappa shape index (κ1) is 15.6. The predicted molar refractivity (Wildman–Crippen MR) is 96.7 cm³/mol. The summed E-state index contributed by atoms with van der Waals surface area (Å²) in [4.78, 5) is 17.1. The van der Waals surface area contributed by atoms with Crippen LogP contribution in [-0.2, 0) is 14.9 Å². The normalized spacial score (nSPS) is 48.3. The van der Waals surface area contributed by atoms with Crippen molar-refractivity contribution in [1.29, 1.82) is 0 Å². The molecule has 4 aliphatic heterocycles. The van der Waals surface area contributed by atoms with E-state index >= 15 is 0 Å². The van der Waals surface area contributed by atoms with Gasteiger partial charge in [0.2, 0.25) is 5.91 Å². The second-order valence-corrected chi connectivity index (χ2v) is 9.07. The number of fused-ring (bicyclic) bond motifs is 2. The molecule has 5 heteroatoms. The maximum atomic E-state index is 12.8. The topological polar surface area (TPSA) is 53.0 Å². The average molecular weight is 354 g/mol. The molecule has 1 aliphatic carbocycles. The smallest absolute Gasteiger partial charge is 0.224 e. The second-order valence-electron chi connectivity index (χ2n) is 9.07. The largest absolute Gasteiger partial charge is 0.378 e. The highest BCUT2D eigenvalue weighted by molar-refractivity contribution is 5.96. The van der Waals surface area contributed by atoms with Gasteiger partial charge in [-0.3, -0.25) is 9.69 Å². The Morgan fingerprint density at radius 1 is 1.27 bits per heavy atom. The summed E-state index contributed by atoms with van der Waals surface area (Å²) in [5.41, 5.74) is 0.946. The number of hydrogen-bond acceptors (Lipinski definition) is 4. The molecule has 6 rings (SSSR count). The summed E-state index contributed by atoms with van der Waals surface area (Å²) < 4.78 is 6.22. The molecule has 4 fully saturated rings. The molecule has 2 bridgehead atoms. The minimum atomic E-state index is -0.841. The van der Waals surface area contributed by atoms with E-state index in [1.807, 2.05) is 11.0 Å². The third-order valence-electron chi connectivity index (χ3n) is 8.39. The summed E-state index contributed by atoms with van der Waals surface area (Å²) in [5, 5.41) is 12.1. The fraction of sp³-hybridized carbons (Fsp3) is 0.667. The average Bonchev–Trinajstić information content (AvgIpc) is 3.10. The Bertz CT molecular complexity index is 812. The Kier molecular flexibility index (Phi) is 2.82. The Morgan fingerprint density at radius 2 is 2.08 bits per heavy atom. The van der Waals surface area contributed by atoms with Crippen molar-refractivity contribution >= 4 is 11.6 Å². The van der Waals surface area contributed by atoms with Gasteiger partial charge in [0.1, 0.15) is 5.72 Å². The van der Waals surface area contributed by atoms with Gasteiger partial charge in [-0.15, -0.1) is 0 Å². The monoisotopic (exact) mass is 354 g/mol. The van der Waals surface area contributed by atoms with Crippen molar-refractivity contribution in [2.45, 2.75) is 50.0 Å². The number of rotatable bonds is 0. The van der Waals surface area contributed by atoms with E-state index in [4.69, 9.17) is 4.74 Å². The molecule has 0 aromatic heterocycles. The summed E-state index contributed by atoms with van der Waals surface area (Å²) in [6, 6.07) is 8.27. The molecule has 5 nitrogen and oxygen atoms in total. The number of aliphatic hydroxyl groups is 1. The maximum absolute atomic E-state index is 12.8. The number of piperidine rings is 1. The van der Waals surface area contributed by atoms with Gasteiger partial charge in [0.25, 0.3) is 0 Å². The Labute approximate surface area is 153 Å². The molecule has 3 saturated heterocycles. The first-order chi connectivity index (χ1) is 12.5. The number of hydrogen-bond donors (Lipinski definition) is 1. The summed E-state index contributed by atoms with van der Waals surface area (Å²) >= 11 is 0. The summed E-state index contributed by atoms with van der Waals surface area (Å²) in [6.07, 6.45) is 1.95. The zero-order valence-corrected chi connectivity index (χ0v) is 15.4. The molecule has 1 aromatic rings. The van der Waals surface area contributed by atoms with Gasteiger partial charge in [0, 0.05) is 37.5 Å². The van der Waals surface area contributed by atoms with E-state index in [0.717, 1.165) is 31.6 Å². The molecule has 138 valence electrons. The first-order valence-electron chi connectivity index (χ1n) is 9.97. The number of nitrogens with zero attached hydrogens (tertiary/aromatic N) is 2. The molecule has 7 atom stereocenters. The van der Waals surface area contributed by atoms with Crippen LogP contribution in [0.5, 0.6) is 0 Å². The van der Waals surface area contributed by atoms with Gasteiger partial charge in [-0.1, -0.05) is 18.2 Å². The molecule has 4 heterocycles. The van der Waals surface area contributed by atoms with E-state index in [2.05, 4.69) is 30.0 Å².